The maximum Gasteiger partial charge on any atom is 0.124 e. The van der Waals surface area contributed by atoms with E-state index >= 15 is 0 Å². The minimum absolute atomic E-state index is 0.523. The first-order valence-corrected chi connectivity index (χ1v) is 8.43. The van der Waals surface area contributed by atoms with Crippen LogP contribution < -0.4 is 10.1 Å². The number of rotatable bonds is 3. The minimum atomic E-state index is 0.523. The molecule has 0 amide bonds. The maximum atomic E-state index is 5.83. The van der Waals surface area contributed by atoms with Gasteiger partial charge in [-0.05, 0) is 31.9 Å². The van der Waals surface area contributed by atoms with Crippen molar-refractivity contribution in [3.05, 3.63) is 29.8 Å². The number of ether oxygens (including phenoxy) is 1. The first-order chi connectivity index (χ1) is 10.2. The largest absolute Gasteiger partial charge is 0.493 e. The number of hydrogen-bond donors (Lipinski definition) is 1. The Kier molecular flexibility index (Phi) is 4.51. The van der Waals surface area contributed by atoms with Gasteiger partial charge in [-0.2, -0.15) is 0 Å². The molecule has 0 saturated carbocycles. The second-order valence-electron chi connectivity index (χ2n) is 6.48. The fourth-order valence-electron chi connectivity index (χ4n) is 4.05. The first-order valence-electron chi connectivity index (χ1n) is 8.43. The third-order valence-corrected chi connectivity index (χ3v) is 5.41. The summed E-state index contributed by atoms with van der Waals surface area (Å²) in [5.41, 5.74) is 1.38. The van der Waals surface area contributed by atoms with Crippen molar-refractivity contribution in [3.63, 3.8) is 0 Å². The highest BCUT2D eigenvalue weighted by molar-refractivity contribution is 5.37. The van der Waals surface area contributed by atoms with Crippen LogP contribution in [0.25, 0.3) is 0 Å². The van der Waals surface area contributed by atoms with Gasteiger partial charge in [0.1, 0.15) is 5.75 Å². The average Bonchev–Trinajstić information content (AvgIpc) is 2.52. The Balaban J connectivity index is 1.79. The Hall–Kier alpha value is -1.06. The van der Waals surface area contributed by atoms with Crippen LogP contribution >= 0.6 is 0 Å². The lowest BCUT2D eigenvalue weighted by molar-refractivity contribution is 0.0297. The van der Waals surface area contributed by atoms with Crippen LogP contribution in [0.5, 0.6) is 5.75 Å². The monoisotopic (exact) mass is 288 g/mol. The minimum Gasteiger partial charge on any atom is -0.493 e. The van der Waals surface area contributed by atoms with Gasteiger partial charge in [0.05, 0.1) is 6.61 Å². The predicted octanol–water partition coefficient (Wildman–Crippen LogP) is 3.22. The number of benzene rings is 1. The van der Waals surface area contributed by atoms with Gasteiger partial charge in [-0.3, -0.25) is 4.90 Å². The smallest absolute Gasteiger partial charge is 0.124 e. The summed E-state index contributed by atoms with van der Waals surface area (Å²) in [6.45, 7) is 10.1. The third kappa shape index (κ3) is 2.82. The van der Waals surface area contributed by atoms with E-state index in [-0.39, 0.29) is 0 Å². The molecule has 4 unspecified atom stereocenters. The van der Waals surface area contributed by atoms with Crippen molar-refractivity contribution < 1.29 is 4.74 Å². The molecule has 0 aromatic heterocycles. The number of likely N-dealkylation sites (tertiary alicyclic amines) is 1. The molecule has 0 radical (unpaired) electrons. The fraction of sp³-hybridized carbons (Fsp3) is 0.667. The van der Waals surface area contributed by atoms with E-state index in [1.807, 2.05) is 0 Å². The summed E-state index contributed by atoms with van der Waals surface area (Å²) in [6.07, 6.45) is 2.36. The molecule has 1 saturated heterocycles. The summed E-state index contributed by atoms with van der Waals surface area (Å²) >= 11 is 0. The van der Waals surface area contributed by atoms with Gasteiger partial charge in [-0.1, -0.05) is 32.0 Å². The Morgan fingerprint density at radius 3 is 2.86 bits per heavy atom. The van der Waals surface area contributed by atoms with Gasteiger partial charge in [0, 0.05) is 36.7 Å². The predicted molar refractivity (Wildman–Crippen MR) is 86.7 cm³/mol. The Labute approximate surface area is 128 Å². The van der Waals surface area contributed by atoms with Gasteiger partial charge in [0.2, 0.25) is 0 Å². The summed E-state index contributed by atoms with van der Waals surface area (Å²) in [4.78, 5) is 2.71. The Morgan fingerprint density at radius 1 is 1.24 bits per heavy atom. The van der Waals surface area contributed by atoms with Gasteiger partial charge in [-0.15, -0.1) is 0 Å². The lowest BCUT2D eigenvalue weighted by Gasteiger charge is -2.47. The van der Waals surface area contributed by atoms with E-state index in [1.165, 1.54) is 18.5 Å². The number of fused-ring (bicyclic) bond motifs is 1. The van der Waals surface area contributed by atoms with Crippen LogP contribution in [0.2, 0.25) is 0 Å². The first kappa shape index (κ1) is 14.9. The van der Waals surface area contributed by atoms with Gasteiger partial charge >= 0.3 is 0 Å². The number of hydrogen-bond acceptors (Lipinski definition) is 3. The van der Waals surface area contributed by atoms with E-state index in [4.69, 9.17) is 4.74 Å². The van der Waals surface area contributed by atoms with Crippen molar-refractivity contribution in [1.82, 2.24) is 10.2 Å². The molecule has 3 rings (SSSR count). The fourth-order valence-corrected chi connectivity index (χ4v) is 4.05. The molecule has 2 aliphatic heterocycles. The van der Waals surface area contributed by atoms with E-state index in [9.17, 15) is 0 Å². The van der Waals surface area contributed by atoms with E-state index in [0.29, 0.717) is 24.0 Å². The number of nitrogens with zero attached hydrogens (tertiary/aromatic N) is 1. The molecule has 2 heterocycles. The molecule has 21 heavy (non-hydrogen) atoms. The van der Waals surface area contributed by atoms with Crippen molar-refractivity contribution in [3.8, 4) is 5.75 Å². The van der Waals surface area contributed by atoms with Crippen LogP contribution in [-0.2, 0) is 0 Å². The molecule has 1 fully saturated rings. The van der Waals surface area contributed by atoms with Crippen LogP contribution in [0, 0.1) is 5.92 Å². The molecular formula is C18H28N2O. The second kappa shape index (κ2) is 6.37. The normalized spacial score (nSPS) is 33.3. The lowest BCUT2D eigenvalue weighted by Crippen LogP contribution is -2.54. The van der Waals surface area contributed by atoms with Crippen molar-refractivity contribution in [2.24, 2.45) is 5.92 Å². The summed E-state index contributed by atoms with van der Waals surface area (Å²) in [6, 6.07) is 10.4. The zero-order valence-corrected chi connectivity index (χ0v) is 13.5. The maximum absolute atomic E-state index is 5.83. The summed E-state index contributed by atoms with van der Waals surface area (Å²) in [5, 5.41) is 3.66. The van der Waals surface area contributed by atoms with Gasteiger partial charge in [0.25, 0.3) is 0 Å². The van der Waals surface area contributed by atoms with Crippen molar-refractivity contribution >= 4 is 0 Å². The third-order valence-electron chi connectivity index (χ3n) is 5.41. The highest BCUT2D eigenvalue weighted by atomic mass is 16.5. The van der Waals surface area contributed by atoms with Crippen LogP contribution in [0.4, 0.5) is 0 Å². The van der Waals surface area contributed by atoms with E-state index in [0.717, 1.165) is 25.3 Å². The summed E-state index contributed by atoms with van der Waals surface area (Å²) in [5.74, 6) is 1.77. The lowest BCUT2D eigenvalue weighted by atomic mass is 9.84. The van der Waals surface area contributed by atoms with Crippen LogP contribution in [0.3, 0.4) is 0 Å². The van der Waals surface area contributed by atoms with Crippen molar-refractivity contribution in [1.29, 1.82) is 0 Å². The summed E-state index contributed by atoms with van der Waals surface area (Å²) in [7, 11) is 0. The molecule has 1 aromatic rings. The molecule has 2 aliphatic rings. The molecule has 0 bridgehead atoms. The Bertz CT molecular complexity index is 476. The van der Waals surface area contributed by atoms with Crippen LogP contribution in [-0.4, -0.2) is 36.7 Å². The average molecular weight is 288 g/mol. The molecule has 4 atom stereocenters. The molecule has 3 heteroatoms. The van der Waals surface area contributed by atoms with Crippen LogP contribution in [0.15, 0.2) is 24.3 Å². The Morgan fingerprint density at radius 2 is 2.05 bits per heavy atom. The number of piperidine rings is 1. The topological polar surface area (TPSA) is 24.5 Å². The standard InChI is InChI=1S/C18H28N2O/c1-4-19-16-9-11-20(14(3)13(16)2)17-10-12-21-18-8-6-5-7-15(17)18/h5-8,13-14,16-17,19H,4,9-12H2,1-3H3. The van der Waals surface area contributed by atoms with Gasteiger partial charge in [0.15, 0.2) is 0 Å². The SMILES string of the molecule is CCNC1CCN(C2CCOc3ccccc32)C(C)C1C. The molecule has 0 spiro atoms. The van der Waals surface area contributed by atoms with Crippen molar-refractivity contribution in [2.75, 3.05) is 19.7 Å². The van der Waals surface area contributed by atoms with Gasteiger partial charge < -0.3 is 10.1 Å². The van der Waals surface area contributed by atoms with E-state index < -0.39 is 0 Å². The highest BCUT2D eigenvalue weighted by Crippen LogP contribution is 2.39. The molecule has 1 aromatic carbocycles. The van der Waals surface area contributed by atoms with E-state index in [2.05, 4.69) is 55.3 Å². The van der Waals surface area contributed by atoms with Crippen LogP contribution in [0.1, 0.15) is 45.2 Å². The molecule has 1 N–H and O–H groups in total. The number of para-hydroxylation sites is 1. The molecule has 3 nitrogen and oxygen atoms in total. The molecular weight excluding hydrogens is 260 g/mol. The second-order valence-corrected chi connectivity index (χ2v) is 6.48. The number of nitrogens with one attached hydrogen (secondary N) is 1. The zero-order valence-electron chi connectivity index (χ0n) is 13.5. The van der Waals surface area contributed by atoms with E-state index in [1.54, 1.807) is 0 Å². The van der Waals surface area contributed by atoms with Crippen molar-refractivity contribution in [2.45, 2.75) is 51.7 Å². The zero-order chi connectivity index (χ0) is 14.8. The molecule has 0 aliphatic carbocycles. The quantitative estimate of drug-likeness (QED) is 0.924. The molecule has 116 valence electrons. The highest BCUT2D eigenvalue weighted by Gasteiger charge is 2.37. The van der Waals surface area contributed by atoms with Gasteiger partial charge in [-0.25, -0.2) is 0 Å². The summed E-state index contributed by atoms with van der Waals surface area (Å²) < 4.78 is 5.83.